The van der Waals surface area contributed by atoms with Crippen LogP contribution in [0.4, 0.5) is 4.39 Å². The number of hydrogen-bond donors (Lipinski definition) is 1. The highest BCUT2D eigenvalue weighted by atomic mass is 19.1. The van der Waals surface area contributed by atoms with Crippen LogP contribution in [0.2, 0.25) is 0 Å². The predicted molar refractivity (Wildman–Crippen MR) is 68.0 cm³/mol. The lowest BCUT2D eigenvalue weighted by molar-refractivity contribution is 0.478. The number of nitrogens with one attached hydrogen (secondary N) is 1. The summed E-state index contributed by atoms with van der Waals surface area (Å²) in [5, 5.41) is 3.63. The summed E-state index contributed by atoms with van der Waals surface area (Å²) < 4.78 is 15.4. The first-order chi connectivity index (χ1) is 8.72. The molecule has 4 heteroatoms. The minimum atomic E-state index is -0.210. The van der Waals surface area contributed by atoms with Gasteiger partial charge in [0.2, 0.25) is 0 Å². The molecule has 94 valence electrons. The molecule has 2 aliphatic heterocycles. The Kier molecular flexibility index (Phi) is 2.07. The molecule has 0 saturated carbocycles. The van der Waals surface area contributed by atoms with Crippen molar-refractivity contribution < 1.29 is 4.39 Å². The van der Waals surface area contributed by atoms with Crippen molar-refractivity contribution in [3.63, 3.8) is 0 Å². The lowest BCUT2D eigenvalue weighted by atomic mass is 9.88. The molecule has 4 rings (SSSR count). The van der Waals surface area contributed by atoms with Crippen LogP contribution in [0.1, 0.15) is 31.0 Å². The van der Waals surface area contributed by atoms with Gasteiger partial charge in [-0.3, -0.25) is 0 Å². The molecule has 1 aromatic heterocycles. The van der Waals surface area contributed by atoms with E-state index in [-0.39, 0.29) is 5.82 Å². The van der Waals surface area contributed by atoms with E-state index in [1.807, 2.05) is 13.1 Å². The van der Waals surface area contributed by atoms with E-state index in [1.165, 1.54) is 31.4 Å². The molecule has 18 heavy (non-hydrogen) atoms. The number of hydrogen-bond acceptors (Lipinski definition) is 2. The average Bonchev–Trinajstić information content (AvgIpc) is 3.03. The summed E-state index contributed by atoms with van der Waals surface area (Å²) in [6, 6.07) is 6.08. The Morgan fingerprint density at radius 1 is 1.39 bits per heavy atom. The molecule has 2 aromatic rings. The molecule has 0 spiro atoms. The molecule has 2 bridgehead atoms. The van der Waals surface area contributed by atoms with E-state index >= 15 is 0 Å². The number of fused-ring (bicyclic) bond motifs is 3. The Morgan fingerprint density at radius 3 is 3.00 bits per heavy atom. The summed E-state index contributed by atoms with van der Waals surface area (Å²) >= 11 is 0. The van der Waals surface area contributed by atoms with Gasteiger partial charge < -0.3 is 9.88 Å². The van der Waals surface area contributed by atoms with Crippen molar-refractivity contribution in [2.75, 3.05) is 0 Å². The second kappa shape index (κ2) is 3.54. The number of aromatic nitrogens is 2. The summed E-state index contributed by atoms with van der Waals surface area (Å²) in [4.78, 5) is 4.66. The number of benzene rings is 1. The first-order valence-electron chi connectivity index (χ1n) is 6.60. The van der Waals surface area contributed by atoms with E-state index < -0.39 is 0 Å². The van der Waals surface area contributed by atoms with Crippen molar-refractivity contribution in [2.24, 2.45) is 7.05 Å². The molecule has 0 amide bonds. The molecule has 2 fully saturated rings. The Labute approximate surface area is 105 Å². The van der Waals surface area contributed by atoms with E-state index in [4.69, 9.17) is 0 Å². The molecular weight excluding hydrogens is 229 g/mol. The highest BCUT2D eigenvalue weighted by Gasteiger charge is 2.41. The first kappa shape index (κ1) is 10.5. The third kappa shape index (κ3) is 1.35. The normalized spacial score (nSPS) is 30.4. The van der Waals surface area contributed by atoms with Crippen molar-refractivity contribution in [1.29, 1.82) is 0 Å². The third-order valence-electron chi connectivity index (χ3n) is 4.51. The van der Waals surface area contributed by atoms with Crippen LogP contribution in [-0.4, -0.2) is 21.6 Å². The van der Waals surface area contributed by atoms with Crippen molar-refractivity contribution >= 4 is 11.0 Å². The maximum atomic E-state index is 13.2. The van der Waals surface area contributed by atoms with Crippen molar-refractivity contribution in [2.45, 2.75) is 37.3 Å². The summed E-state index contributed by atoms with van der Waals surface area (Å²) in [6.07, 6.45) is 3.71. The molecule has 0 radical (unpaired) electrons. The average molecular weight is 245 g/mol. The van der Waals surface area contributed by atoms with Gasteiger partial charge >= 0.3 is 0 Å². The summed E-state index contributed by atoms with van der Waals surface area (Å²) in [5.41, 5.74) is 1.80. The summed E-state index contributed by atoms with van der Waals surface area (Å²) in [5.74, 6) is 1.39. The van der Waals surface area contributed by atoms with Crippen LogP contribution in [-0.2, 0) is 7.05 Å². The lowest BCUT2D eigenvalue weighted by Gasteiger charge is -2.19. The van der Waals surface area contributed by atoms with E-state index in [2.05, 4.69) is 14.9 Å². The molecule has 2 saturated heterocycles. The third-order valence-corrected chi connectivity index (χ3v) is 4.51. The zero-order chi connectivity index (χ0) is 12.3. The zero-order valence-electron chi connectivity index (χ0n) is 10.4. The smallest absolute Gasteiger partial charge is 0.125 e. The number of halogens is 1. The van der Waals surface area contributed by atoms with Gasteiger partial charge in [-0.1, -0.05) is 0 Å². The molecule has 3 nitrogen and oxygen atoms in total. The van der Waals surface area contributed by atoms with Crippen LogP contribution < -0.4 is 5.32 Å². The van der Waals surface area contributed by atoms with Crippen LogP contribution >= 0.6 is 0 Å². The Hall–Kier alpha value is -1.42. The van der Waals surface area contributed by atoms with Crippen LogP contribution in [0.5, 0.6) is 0 Å². The molecule has 3 heterocycles. The number of rotatable bonds is 1. The van der Waals surface area contributed by atoms with Gasteiger partial charge in [-0.05, 0) is 31.4 Å². The quantitative estimate of drug-likeness (QED) is 0.835. The van der Waals surface area contributed by atoms with Crippen LogP contribution in [0, 0.1) is 5.82 Å². The zero-order valence-corrected chi connectivity index (χ0v) is 10.4. The largest absolute Gasteiger partial charge is 0.331 e. The van der Waals surface area contributed by atoms with Crippen molar-refractivity contribution in [3.8, 4) is 0 Å². The van der Waals surface area contributed by atoms with Gasteiger partial charge in [0.1, 0.15) is 11.6 Å². The molecule has 1 N–H and O–H groups in total. The van der Waals surface area contributed by atoms with Crippen molar-refractivity contribution in [1.82, 2.24) is 14.9 Å². The topological polar surface area (TPSA) is 29.9 Å². The number of nitrogens with zero attached hydrogens (tertiary/aromatic N) is 2. The lowest BCUT2D eigenvalue weighted by Crippen LogP contribution is -2.23. The van der Waals surface area contributed by atoms with Crippen LogP contribution in [0.25, 0.3) is 11.0 Å². The summed E-state index contributed by atoms with van der Waals surface area (Å²) in [7, 11) is 2.04. The van der Waals surface area contributed by atoms with Crippen molar-refractivity contribution in [3.05, 3.63) is 29.8 Å². The van der Waals surface area contributed by atoms with E-state index in [0.29, 0.717) is 18.0 Å². The number of imidazole rings is 1. The standard InChI is InChI=1S/C14H16FN3/c1-18-13-5-2-8(15)6-12(13)17-14(18)10-7-9-3-4-11(10)16-9/h2,5-6,9-11,16H,3-4,7H2,1H3. The fourth-order valence-corrected chi connectivity index (χ4v) is 3.63. The maximum Gasteiger partial charge on any atom is 0.125 e. The van der Waals surface area contributed by atoms with E-state index in [1.54, 1.807) is 0 Å². The molecule has 3 atom stereocenters. The minimum absolute atomic E-state index is 0.210. The van der Waals surface area contributed by atoms with Gasteiger partial charge in [0.05, 0.1) is 11.0 Å². The molecule has 1 aromatic carbocycles. The predicted octanol–water partition coefficient (Wildman–Crippen LogP) is 2.32. The summed E-state index contributed by atoms with van der Waals surface area (Å²) in [6.45, 7) is 0. The second-order valence-electron chi connectivity index (χ2n) is 5.55. The van der Waals surface area contributed by atoms with Crippen LogP contribution in [0.15, 0.2) is 18.2 Å². The Morgan fingerprint density at radius 2 is 2.28 bits per heavy atom. The van der Waals surface area contributed by atoms with Gasteiger partial charge in [-0.15, -0.1) is 0 Å². The maximum absolute atomic E-state index is 13.2. The SMILES string of the molecule is Cn1c(C2CC3CCC2N3)nc2cc(F)ccc21. The van der Waals surface area contributed by atoms with Gasteiger partial charge in [-0.2, -0.15) is 0 Å². The Bertz CT molecular complexity index is 619. The highest BCUT2D eigenvalue weighted by molar-refractivity contribution is 5.76. The van der Waals surface area contributed by atoms with Gasteiger partial charge in [0.15, 0.2) is 0 Å². The fraction of sp³-hybridized carbons (Fsp3) is 0.500. The molecular formula is C14H16FN3. The van der Waals surface area contributed by atoms with Gasteiger partial charge in [0.25, 0.3) is 0 Å². The fourth-order valence-electron chi connectivity index (χ4n) is 3.63. The molecule has 3 unspecified atom stereocenters. The number of aryl methyl sites for hydroxylation is 1. The highest BCUT2D eigenvalue weighted by Crippen LogP contribution is 2.40. The molecule has 0 aliphatic carbocycles. The monoisotopic (exact) mass is 245 g/mol. The minimum Gasteiger partial charge on any atom is -0.331 e. The second-order valence-corrected chi connectivity index (χ2v) is 5.55. The molecule has 2 aliphatic rings. The van der Waals surface area contributed by atoms with E-state index in [9.17, 15) is 4.39 Å². The van der Waals surface area contributed by atoms with Crippen LogP contribution in [0.3, 0.4) is 0 Å². The van der Waals surface area contributed by atoms with Gasteiger partial charge in [0, 0.05) is 31.1 Å². The first-order valence-corrected chi connectivity index (χ1v) is 6.60. The van der Waals surface area contributed by atoms with Gasteiger partial charge in [-0.25, -0.2) is 9.37 Å². The Balaban J connectivity index is 1.83. The van der Waals surface area contributed by atoms with E-state index in [0.717, 1.165) is 16.9 Å².